The van der Waals surface area contributed by atoms with E-state index in [1.807, 2.05) is 32.0 Å². The van der Waals surface area contributed by atoms with Crippen LogP contribution in [-0.4, -0.2) is 19.5 Å². The Morgan fingerprint density at radius 3 is 2.23 bits per heavy atom. The summed E-state index contributed by atoms with van der Waals surface area (Å²) in [7, 11) is 1.51. The third kappa shape index (κ3) is 4.43. The first-order chi connectivity index (χ1) is 6.34. The molecule has 0 spiro atoms. The molecule has 0 bridgehead atoms. The number of hydrogen-bond acceptors (Lipinski definition) is 2. The van der Waals surface area contributed by atoms with Crippen LogP contribution in [0.3, 0.4) is 0 Å². The van der Waals surface area contributed by atoms with E-state index >= 15 is 0 Å². The number of Topliss-reactive ketones (excluding diaryl/α,β-unsaturated/α-hetero) is 1. The number of carbonyl (C=O) groups is 1. The molecule has 0 amide bonds. The van der Waals surface area contributed by atoms with Gasteiger partial charge in [-0.3, -0.25) is 4.79 Å². The van der Waals surface area contributed by atoms with E-state index in [1.165, 1.54) is 7.11 Å². The zero-order valence-electron chi connectivity index (χ0n) is 8.41. The molecule has 72 valence electrons. The van der Waals surface area contributed by atoms with Gasteiger partial charge in [0, 0.05) is 12.7 Å². The van der Waals surface area contributed by atoms with Crippen LogP contribution in [0.15, 0.2) is 30.3 Å². The van der Waals surface area contributed by atoms with Gasteiger partial charge in [-0.1, -0.05) is 44.2 Å². The van der Waals surface area contributed by atoms with Crippen LogP contribution in [-0.2, 0) is 4.74 Å². The third-order valence-electron chi connectivity index (χ3n) is 1.37. The molecule has 2 heteroatoms. The molecule has 0 fully saturated rings. The summed E-state index contributed by atoms with van der Waals surface area (Å²) in [5, 5.41) is 0. The van der Waals surface area contributed by atoms with E-state index in [9.17, 15) is 4.79 Å². The van der Waals surface area contributed by atoms with Crippen LogP contribution < -0.4 is 0 Å². The fraction of sp³-hybridized carbons (Fsp3) is 0.364. The highest BCUT2D eigenvalue weighted by molar-refractivity contribution is 5.96. The first kappa shape index (κ1) is 11.8. The van der Waals surface area contributed by atoms with Gasteiger partial charge in [0.15, 0.2) is 5.78 Å². The lowest BCUT2D eigenvalue weighted by Crippen LogP contribution is -2.06. The van der Waals surface area contributed by atoms with Crippen LogP contribution in [0.5, 0.6) is 0 Å². The van der Waals surface area contributed by atoms with Gasteiger partial charge >= 0.3 is 0 Å². The van der Waals surface area contributed by atoms with Crippen molar-refractivity contribution in [2.24, 2.45) is 0 Å². The molecular formula is C11H16O2. The summed E-state index contributed by atoms with van der Waals surface area (Å²) in [5.41, 5.74) is 0.703. The molecule has 0 radical (unpaired) electrons. The third-order valence-corrected chi connectivity index (χ3v) is 1.37. The average molecular weight is 180 g/mol. The minimum absolute atomic E-state index is 0.0214. The predicted molar refractivity (Wildman–Crippen MR) is 54.0 cm³/mol. The normalized spacial score (nSPS) is 8.54. The highest BCUT2D eigenvalue weighted by Gasteiger charge is 2.01. The van der Waals surface area contributed by atoms with E-state index in [0.717, 1.165) is 0 Å². The summed E-state index contributed by atoms with van der Waals surface area (Å²) in [6.45, 7) is 4.16. The molecule has 1 aromatic carbocycles. The van der Waals surface area contributed by atoms with Crippen LogP contribution >= 0.6 is 0 Å². The van der Waals surface area contributed by atoms with Gasteiger partial charge < -0.3 is 4.74 Å². The number of benzene rings is 1. The molecule has 0 N–H and O–H groups in total. The molecule has 0 unspecified atom stereocenters. The lowest BCUT2D eigenvalue weighted by molar-refractivity contribution is 0.0848. The zero-order chi connectivity index (χ0) is 10.1. The Labute approximate surface area is 79.5 Å². The van der Waals surface area contributed by atoms with Crippen molar-refractivity contribution in [1.82, 2.24) is 0 Å². The quantitative estimate of drug-likeness (QED) is 0.668. The molecule has 2 nitrogen and oxygen atoms in total. The molecule has 13 heavy (non-hydrogen) atoms. The van der Waals surface area contributed by atoms with E-state index in [2.05, 4.69) is 0 Å². The first-order valence-electron chi connectivity index (χ1n) is 4.42. The lowest BCUT2D eigenvalue weighted by Gasteiger charge is -1.97. The van der Waals surface area contributed by atoms with Crippen LogP contribution in [0.4, 0.5) is 0 Å². The number of ether oxygens (including phenoxy) is 1. The average Bonchev–Trinajstić information content (AvgIpc) is 2.23. The van der Waals surface area contributed by atoms with E-state index in [4.69, 9.17) is 4.74 Å². The van der Waals surface area contributed by atoms with Gasteiger partial charge in [0.25, 0.3) is 0 Å². The van der Waals surface area contributed by atoms with Gasteiger partial charge in [-0.2, -0.15) is 0 Å². The van der Waals surface area contributed by atoms with Crippen LogP contribution in [0.1, 0.15) is 24.2 Å². The van der Waals surface area contributed by atoms with Crippen LogP contribution in [0.25, 0.3) is 0 Å². The molecule has 1 aromatic rings. The summed E-state index contributed by atoms with van der Waals surface area (Å²) in [6.07, 6.45) is 0. The molecule has 0 aliphatic rings. The van der Waals surface area contributed by atoms with E-state index < -0.39 is 0 Å². The fourth-order valence-electron chi connectivity index (χ4n) is 0.838. The Morgan fingerprint density at radius 1 is 1.23 bits per heavy atom. The van der Waals surface area contributed by atoms with Crippen LogP contribution in [0, 0.1) is 0 Å². The van der Waals surface area contributed by atoms with Crippen molar-refractivity contribution in [3.05, 3.63) is 35.9 Å². The maximum Gasteiger partial charge on any atom is 0.188 e. The standard InChI is InChI=1S/C9H10O2.C2H6/c1-11-7-9(10)8-5-3-2-4-6-8;1-2/h2-6H,7H2,1H3;1-2H3. The highest BCUT2D eigenvalue weighted by Crippen LogP contribution is 1.99. The van der Waals surface area contributed by atoms with Crippen molar-refractivity contribution in [2.75, 3.05) is 13.7 Å². The second-order valence-corrected chi connectivity index (χ2v) is 2.22. The second kappa shape index (κ2) is 7.50. The molecule has 0 saturated heterocycles. The minimum Gasteiger partial charge on any atom is -0.377 e. The first-order valence-corrected chi connectivity index (χ1v) is 4.42. The molecule has 0 saturated carbocycles. The number of ketones is 1. The van der Waals surface area contributed by atoms with Crippen molar-refractivity contribution in [2.45, 2.75) is 13.8 Å². The van der Waals surface area contributed by atoms with E-state index in [0.29, 0.717) is 5.56 Å². The van der Waals surface area contributed by atoms with Gasteiger partial charge in [-0.25, -0.2) is 0 Å². The molecule has 0 aromatic heterocycles. The fourth-order valence-corrected chi connectivity index (χ4v) is 0.838. The molecule has 0 aliphatic carbocycles. The molecule has 1 rings (SSSR count). The Kier molecular flexibility index (Phi) is 6.83. The summed E-state index contributed by atoms with van der Waals surface area (Å²) in [6, 6.07) is 9.11. The Morgan fingerprint density at radius 2 is 1.77 bits per heavy atom. The smallest absolute Gasteiger partial charge is 0.188 e. The molecule has 0 heterocycles. The van der Waals surface area contributed by atoms with Crippen molar-refractivity contribution in [3.8, 4) is 0 Å². The monoisotopic (exact) mass is 180 g/mol. The summed E-state index contributed by atoms with van der Waals surface area (Å²) in [4.78, 5) is 11.1. The largest absolute Gasteiger partial charge is 0.377 e. The zero-order valence-corrected chi connectivity index (χ0v) is 8.41. The lowest BCUT2D eigenvalue weighted by atomic mass is 10.1. The topological polar surface area (TPSA) is 26.3 Å². The predicted octanol–water partition coefficient (Wildman–Crippen LogP) is 2.54. The van der Waals surface area contributed by atoms with Gasteiger partial charge in [0.2, 0.25) is 0 Å². The maximum absolute atomic E-state index is 11.1. The number of rotatable bonds is 3. The Balaban J connectivity index is 0.000000671. The van der Waals surface area contributed by atoms with Gasteiger partial charge in [-0.15, -0.1) is 0 Å². The van der Waals surface area contributed by atoms with Crippen molar-refractivity contribution in [3.63, 3.8) is 0 Å². The summed E-state index contributed by atoms with van der Waals surface area (Å²) >= 11 is 0. The van der Waals surface area contributed by atoms with Crippen molar-refractivity contribution in [1.29, 1.82) is 0 Å². The van der Waals surface area contributed by atoms with E-state index in [1.54, 1.807) is 12.1 Å². The SMILES string of the molecule is CC.COCC(=O)c1ccccc1. The summed E-state index contributed by atoms with van der Waals surface area (Å²) < 4.78 is 4.71. The second-order valence-electron chi connectivity index (χ2n) is 2.22. The highest BCUT2D eigenvalue weighted by atomic mass is 16.5. The van der Waals surface area contributed by atoms with Gasteiger partial charge in [-0.05, 0) is 0 Å². The molecule has 0 atom stereocenters. The number of hydrogen-bond donors (Lipinski definition) is 0. The van der Waals surface area contributed by atoms with Gasteiger partial charge in [0.1, 0.15) is 6.61 Å². The number of methoxy groups -OCH3 is 1. The molecule has 0 aliphatic heterocycles. The van der Waals surface area contributed by atoms with Crippen LogP contribution in [0.2, 0.25) is 0 Å². The molecular weight excluding hydrogens is 164 g/mol. The van der Waals surface area contributed by atoms with E-state index in [-0.39, 0.29) is 12.4 Å². The summed E-state index contributed by atoms with van der Waals surface area (Å²) in [5.74, 6) is 0.0214. The maximum atomic E-state index is 11.1. The minimum atomic E-state index is 0.0214. The van der Waals surface area contributed by atoms with Crippen molar-refractivity contribution >= 4 is 5.78 Å². The van der Waals surface area contributed by atoms with Gasteiger partial charge in [0.05, 0.1) is 0 Å². The Bertz CT molecular complexity index is 229. The number of carbonyl (C=O) groups excluding carboxylic acids is 1. The Hall–Kier alpha value is -1.15. The van der Waals surface area contributed by atoms with Crippen molar-refractivity contribution < 1.29 is 9.53 Å².